The number of alkyl halides is 3. The van der Waals surface area contributed by atoms with E-state index in [4.69, 9.17) is 9.47 Å². The normalized spacial score (nSPS) is 28.0. The van der Waals surface area contributed by atoms with E-state index >= 15 is 0 Å². The molecule has 217 valence electrons. The van der Waals surface area contributed by atoms with Crippen LogP contribution in [0, 0.1) is 0 Å². The van der Waals surface area contributed by atoms with Crippen LogP contribution in [0.5, 0.6) is 5.75 Å². The highest BCUT2D eigenvalue weighted by Gasteiger charge is 2.51. The second-order valence-electron chi connectivity index (χ2n) is 11.4. The Balaban J connectivity index is 1.04. The molecule has 0 amide bonds. The Bertz CT molecular complexity index is 1360. The summed E-state index contributed by atoms with van der Waals surface area (Å²) in [7, 11) is 3.33. The minimum Gasteiger partial charge on any atom is -0.486 e. The lowest BCUT2D eigenvalue weighted by molar-refractivity contribution is -0.165. The van der Waals surface area contributed by atoms with Crippen molar-refractivity contribution < 1.29 is 27.4 Å². The smallest absolute Gasteiger partial charge is 0.416 e. The summed E-state index contributed by atoms with van der Waals surface area (Å²) < 4.78 is 54.8. The highest BCUT2D eigenvalue weighted by Crippen LogP contribution is 2.49. The molecule has 1 N–H and O–H groups in total. The average molecular weight is 570 g/mol. The topological polar surface area (TPSA) is 109 Å². The number of halogens is 3. The van der Waals surface area contributed by atoms with Crippen LogP contribution in [0.3, 0.4) is 0 Å². The number of hydrogen-bond donors (Lipinski definition) is 1. The van der Waals surface area contributed by atoms with Gasteiger partial charge in [-0.05, 0) is 69.6 Å². The predicted octanol–water partition coefficient (Wildman–Crippen LogP) is 3.84. The van der Waals surface area contributed by atoms with Crippen LogP contribution in [-0.2, 0) is 35.0 Å². The SMILES string of the molecule is Cn1c(COc2cccc(C(F)(F)F)c2)nnc1C1CCC(n2cc(C34CCC(N[B]C=O)(CC3)CO4)nn2)CC1. The van der Waals surface area contributed by atoms with Crippen LogP contribution in [0.15, 0.2) is 30.5 Å². The molecule has 10 nitrogen and oxygen atoms in total. The van der Waals surface area contributed by atoms with Crippen LogP contribution in [-0.4, -0.2) is 55.5 Å². The van der Waals surface area contributed by atoms with E-state index in [1.165, 1.54) is 19.5 Å². The average Bonchev–Trinajstić information content (AvgIpc) is 3.64. The molecule has 2 saturated heterocycles. The minimum atomic E-state index is -4.43. The summed E-state index contributed by atoms with van der Waals surface area (Å²) in [6, 6.07) is 5.06. The number of hydrogen-bond acceptors (Lipinski definition) is 8. The van der Waals surface area contributed by atoms with E-state index < -0.39 is 17.3 Å². The fraction of sp³-hybridized carbons (Fsp3) is 0.593. The van der Waals surface area contributed by atoms with Crippen LogP contribution >= 0.6 is 0 Å². The molecule has 2 aliphatic heterocycles. The Morgan fingerprint density at radius 3 is 2.61 bits per heavy atom. The van der Waals surface area contributed by atoms with Crippen molar-refractivity contribution in [3.05, 3.63) is 53.4 Å². The van der Waals surface area contributed by atoms with Gasteiger partial charge in [0.25, 0.3) is 7.41 Å². The Kier molecular flexibility index (Phi) is 7.39. The molecule has 4 aliphatic rings. The van der Waals surface area contributed by atoms with Gasteiger partial charge in [-0.15, -0.1) is 15.3 Å². The van der Waals surface area contributed by atoms with E-state index in [2.05, 4.69) is 25.7 Å². The summed E-state index contributed by atoms with van der Waals surface area (Å²) in [4.78, 5) is 10.8. The number of fused-ring (bicyclic) bond motifs is 3. The van der Waals surface area contributed by atoms with Gasteiger partial charge in [-0.25, -0.2) is 4.68 Å². The Hall–Kier alpha value is -3.26. The number of benzene rings is 1. The minimum absolute atomic E-state index is 0.0260. The quantitative estimate of drug-likeness (QED) is 0.306. The van der Waals surface area contributed by atoms with Crippen molar-refractivity contribution in [2.75, 3.05) is 6.61 Å². The third-order valence-electron chi connectivity index (χ3n) is 9.04. The van der Waals surface area contributed by atoms with Gasteiger partial charge in [0.2, 0.25) is 0 Å². The number of carbonyl (C=O) groups excluding carboxylic acids is 1. The van der Waals surface area contributed by atoms with E-state index in [-0.39, 0.29) is 29.9 Å². The molecule has 3 aromatic rings. The maximum atomic E-state index is 13.0. The zero-order valence-electron chi connectivity index (χ0n) is 22.8. The van der Waals surface area contributed by atoms with Gasteiger partial charge >= 0.3 is 6.18 Å². The van der Waals surface area contributed by atoms with Crippen molar-refractivity contribution >= 4 is 13.6 Å². The van der Waals surface area contributed by atoms with Crippen molar-refractivity contribution in [2.45, 2.75) is 87.2 Å². The number of ether oxygens (including phenoxy) is 2. The molecule has 4 heterocycles. The first-order valence-corrected chi connectivity index (χ1v) is 14.0. The monoisotopic (exact) mass is 570 g/mol. The summed E-state index contributed by atoms with van der Waals surface area (Å²) in [5.74, 6) is 1.77. The fourth-order valence-corrected chi connectivity index (χ4v) is 6.45. The van der Waals surface area contributed by atoms with Crippen molar-refractivity contribution in [1.82, 2.24) is 35.0 Å². The molecule has 2 aliphatic carbocycles. The van der Waals surface area contributed by atoms with E-state index in [0.717, 1.165) is 81.2 Å². The number of aromatic nitrogens is 6. The molecule has 2 aromatic heterocycles. The van der Waals surface area contributed by atoms with Gasteiger partial charge in [-0.3, -0.25) is 0 Å². The maximum absolute atomic E-state index is 13.0. The van der Waals surface area contributed by atoms with Gasteiger partial charge in [0, 0.05) is 18.5 Å². The first-order valence-electron chi connectivity index (χ1n) is 14.0. The number of rotatable bonds is 9. The Morgan fingerprint density at radius 1 is 1.15 bits per heavy atom. The molecular formula is C27H32BF3N7O3. The van der Waals surface area contributed by atoms with Crippen LogP contribution in [0.1, 0.15) is 86.2 Å². The first-order chi connectivity index (χ1) is 19.7. The lowest BCUT2D eigenvalue weighted by Crippen LogP contribution is -2.61. The van der Waals surface area contributed by atoms with Crippen molar-refractivity contribution in [3.8, 4) is 5.75 Å². The maximum Gasteiger partial charge on any atom is 0.416 e. The standard InChI is InChI=1S/C27H32BF3N7O3/c1-37-23(15-40-21-4-2-3-19(13-21)27(29,30)31)33-34-24(37)18-5-7-20(8-6-18)38-14-22(32-36-38)26-11-9-25(10-12-26,16-41-26)35-28-17-39/h2-4,13-14,17-18,20,35H,5-12,15-16H2,1H3. The lowest BCUT2D eigenvalue weighted by Gasteiger charge is -2.52. The second-order valence-corrected chi connectivity index (χ2v) is 11.4. The van der Waals surface area contributed by atoms with Crippen molar-refractivity contribution in [2.24, 2.45) is 7.05 Å². The van der Waals surface area contributed by atoms with E-state index in [0.29, 0.717) is 12.4 Å². The number of nitrogens with one attached hydrogen (secondary N) is 1. The fourth-order valence-electron chi connectivity index (χ4n) is 6.45. The molecule has 0 unspecified atom stereocenters. The molecular weight excluding hydrogens is 538 g/mol. The van der Waals surface area contributed by atoms with E-state index in [1.807, 2.05) is 22.5 Å². The molecule has 1 radical (unpaired) electrons. The summed E-state index contributed by atoms with van der Waals surface area (Å²) in [5.41, 5.74) is -0.448. The van der Waals surface area contributed by atoms with Crippen LogP contribution in [0.4, 0.5) is 13.2 Å². The van der Waals surface area contributed by atoms with Crippen LogP contribution in [0.25, 0.3) is 0 Å². The summed E-state index contributed by atoms with van der Waals surface area (Å²) in [6.45, 7) is 0.568. The molecule has 1 aromatic carbocycles. The van der Waals surface area contributed by atoms with Crippen molar-refractivity contribution in [1.29, 1.82) is 0 Å². The molecule has 14 heteroatoms. The zero-order chi connectivity index (χ0) is 28.7. The zero-order valence-corrected chi connectivity index (χ0v) is 22.8. The van der Waals surface area contributed by atoms with Gasteiger partial charge in [-0.1, -0.05) is 11.3 Å². The number of nitrogens with zero attached hydrogens (tertiary/aromatic N) is 6. The Labute approximate surface area is 236 Å². The van der Waals surface area contributed by atoms with E-state index in [9.17, 15) is 18.0 Å². The largest absolute Gasteiger partial charge is 0.486 e. The highest BCUT2D eigenvalue weighted by molar-refractivity contribution is 6.64. The first kappa shape index (κ1) is 27.9. The number of carbonyl (C=O) groups is 1. The molecule has 0 atom stereocenters. The summed E-state index contributed by atoms with van der Waals surface area (Å²) in [5, 5.41) is 20.9. The Morgan fingerprint density at radius 2 is 1.93 bits per heavy atom. The van der Waals surface area contributed by atoms with Crippen LogP contribution in [0.2, 0.25) is 0 Å². The van der Waals surface area contributed by atoms with Crippen molar-refractivity contribution in [3.63, 3.8) is 0 Å². The molecule has 7 rings (SSSR count). The molecule has 41 heavy (non-hydrogen) atoms. The van der Waals surface area contributed by atoms with Gasteiger partial charge in [-0.2, -0.15) is 13.2 Å². The third kappa shape index (κ3) is 5.51. The third-order valence-corrected chi connectivity index (χ3v) is 9.04. The summed E-state index contributed by atoms with van der Waals surface area (Å²) in [6.07, 6.45) is 5.54. The van der Waals surface area contributed by atoms with Gasteiger partial charge in [0.15, 0.2) is 5.82 Å². The molecule has 4 fully saturated rings. The molecule has 2 bridgehead atoms. The van der Waals surface area contributed by atoms with Gasteiger partial charge < -0.3 is 24.1 Å². The molecule has 0 spiro atoms. The second kappa shape index (κ2) is 10.9. The lowest BCUT2D eigenvalue weighted by atomic mass is 9.68. The predicted molar refractivity (Wildman–Crippen MR) is 142 cm³/mol. The van der Waals surface area contributed by atoms with Gasteiger partial charge in [0.1, 0.15) is 29.5 Å². The van der Waals surface area contributed by atoms with E-state index in [1.54, 1.807) is 0 Å². The molecule has 2 saturated carbocycles. The summed E-state index contributed by atoms with van der Waals surface area (Å²) >= 11 is 0. The van der Waals surface area contributed by atoms with Gasteiger partial charge in [0.05, 0.1) is 30.6 Å². The van der Waals surface area contributed by atoms with Crippen LogP contribution < -0.4 is 9.96 Å². The highest BCUT2D eigenvalue weighted by atomic mass is 19.4.